The summed E-state index contributed by atoms with van der Waals surface area (Å²) >= 11 is 4.77. The summed E-state index contributed by atoms with van der Waals surface area (Å²) < 4.78 is 0.780. The van der Waals surface area contributed by atoms with Crippen molar-refractivity contribution in [2.24, 2.45) is 5.92 Å². The van der Waals surface area contributed by atoms with Gasteiger partial charge >= 0.3 is 0 Å². The second-order valence-corrected chi connectivity index (χ2v) is 5.12. The Morgan fingerprint density at radius 1 is 1.47 bits per heavy atom. The van der Waals surface area contributed by atoms with Gasteiger partial charge < -0.3 is 5.11 Å². The number of carbonyl (C=O) groups is 1. The molecular formula is C11H15BrO2S. The van der Waals surface area contributed by atoms with E-state index < -0.39 is 6.10 Å². The SMILES string of the molecule is CCC(CC)C(O)C(=O)c1cscc1Br. The average Bonchev–Trinajstić information content (AvgIpc) is 2.65. The first kappa shape index (κ1) is 12.9. The van der Waals surface area contributed by atoms with Crippen molar-refractivity contribution < 1.29 is 9.90 Å². The van der Waals surface area contributed by atoms with Crippen molar-refractivity contribution in [3.63, 3.8) is 0 Å². The Balaban J connectivity index is 2.81. The summed E-state index contributed by atoms with van der Waals surface area (Å²) in [6, 6.07) is 0. The summed E-state index contributed by atoms with van der Waals surface area (Å²) in [7, 11) is 0. The van der Waals surface area contributed by atoms with E-state index in [0.29, 0.717) is 5.56 Å². The quantitative estimate of drug-likeness (QED) is 0.843. The predicted octanol–water partition coefficient (Wildman–Crippen LogP) is 3.49. The number of carbonyl (C=O) groups excluding carboxylic acids is 1. The van der Waals surface area contributed by atoms with Crippen molar-refractivity contribution in [2.45, 2.75) is 32.8 Å². The van der Waals surface area contributed by atoms with Crippen LogP contribution < -0.4 is 0 Å². The fourth-order valence-electron chi connectivity index (χ4n) is 1.57. The molecule has 2 nitrogen and oxygen atoms in total. The lowest BCUT2D eigenvalue weighted by atomic mass is 9.92. The zero-order valence-electron chi connectivity index (χ0n) is 8.87. The van der Waals surface area contributed by atoms with Gasteiger partial charge in [0, 0.05) is 20.8 Å². The van der Waals surface area contributed by atoms with Crippen molar-refractivity contribution in [3.05, 3.63) is 20.8 Å². The summed E-state index contributed by atoms with van der Waals surface area (Å²) in [6.45, 7) is 3.99. The van der Waals surface area contributed by atoms with Crippen LogP contribution in [0.3, 0.4) is 0 Å². The first-order valence-corrected chi connectivity index (χ1v) is 6.79. The van der Waals surface area contributed by atoms with Gasteiger partial charge in [-0.2, -0.15) is 11.3 Å². The fourth-order valence-corrected chi connectivity index (χ4v) is 3.04. The molecule has 1 aromatic heterocycles. The van der Waals surface area contributed by atoms with Gasteiger partial charge in [-0.25, -0.2) is 0 Å². The molecule has 0 aromatic carbocycles. The number of hydrogen-bond donors (Lipinski definition) is 1. The van der Waals surface area contributed by atoms with Gasteiger partial charge in [0.2, 0.25) is 0 Å². The van der Waals surface area contributed by atoms with Crippen LogP contribution in [0.4, 0.5) is 0 Å². The van der Waals surface area contributed by atoms with Crippen molar-refractivity contribution in [1.29, 1.82) is 0 Å². The predicted molar refractivity (Wildman–Crippen MR) is 66.4 cm³/mol. The molecule has 1 N–H and O–H groups in total. The lowest BCUT2D eigenvalue weighted by molar-refractivity contribution is 0.0588. The molecule has 1 unspecified atom stereocenters. The Morgan fingerprint density at radius 3 is 2.47 bits per heavy atom. The van der Waals surface area contributed by atoms with E-state index >= 15 is 0 Å². The molecule has 0 amide bonds. The molecule has 1 heterocycles. The van der Waals surface area contributed by atoms with Gasteiger partial charge in [0.25, 0.3) is 0 Å². The molecule has 4 heteroatoms. The Hall–Kier alpha value is -0.190. The van der Waals surface area contributed by atoms with Gasteiger partial charge in [-0.15, -0.1) is 0 Å². The number of ketones is 1. The maximum absolute atomic E-state index is 11.9. The van der Waals surface area contributed by atoms with Gasteiger partial charge in [-0.3, -0.25) is 4.79 Å². The zero-order chi connectivity index (χ0) is 11.4. The number of aliphatic hydroxyl groups is 1. The first-order valence-electron chi connectivity index (χ1n) is 5.05. The van der Waals surface area contributed by atoms with Crippen LogP contribution in [0, 0.1) is 5.92 Å². The summed E-state index contributed by atoms with van der Waals surface area (Å²) in [6.07, 6.45) is 0.780. The number of aliphatic hydroxyl groups excluding tert-OH is 1. The smallest absolute Gasteiger partial charge is 0.193 e. The van der Waals surface area contributed by atoms with Crippen molar-refractivity contribution in [3.8, 4) is 0 Å². The van der Waals surface area contributed by atoms with Crippen LogP contribution in [-0.4, -0.2) is 17.0 Å². The van der Waals surface area contributed by atoms with Crippen LogP contribution in [0.25, 0.3) is 0 Å². The standard InChI is InChI=1S/C11H15BrO2S/c1-3-7(4-2)10(13)11(14)8-5-15-6-9(8)12/h5-7,10,13H,3-4H2,1-2H3. The van der Waals surface area contributed by atoms with Gasteiger partial charge in [0.15, 0.2) is 5.78 Å². The van der Waals surface area contributed by atoms with Crippen molar-refractivity contribution in [1.82, 2.24) is 0 Å². The molecule has 1 aromatic rings. The molecule has 0 radical (unpaired) electrons. The Bertz CT molecular complexity index is 331. The molecule has 15 heavy (non-hydrogen) atoms. The molecule has 0 bridgehead atoms. The average molecular weight is 291 g/mol. The van der Waals surface area contributed by atoms with Gasteiger partial charge in [0.05, 0.1) is 0 Å². The van der Waals surface area contributed by atoms with E-state index in [2.05, 4.69) is 15.9 Å². The number of thiophene rings is 1. The molecule has 0 fully saturated rings. The molecule has 0 aliphatic heterocycles. The van der Waals surface area contributed by atoms with Crippen LogP contribution in [0.2, 0.25) is 0 Å². The third-order valence-electron chi connectivity index (χ3n) is 2.64. The lowest BCUT2D eigenvalue weighted by Gasteiger charge is -2.18. The van der Waals surface area contributed by atoms with Crippen LogP contribution in [-0.2, 0) is 0 Å². The third-order valence-corrected chi connectivity index (χ3v) is 4.35. The van der Waals surface area contributed by atoms with Gasteiger partial charge in [0.1, 0.15) is 6.10 Å². The van der Waals surface area contributed by atoms with E-state index in [1.165, 1.54) is 11.3 Å². The molecule has 1 rings (SSSR count). The van der Waals surface area contributed by atoms with Gasteiger partial charge in [-0.1, -0.05) is 26.7 Å². The lowest BCUT2D eigenvalue weighted by Crippen LogP contribution is -2.28. The topological polar surface area (TPSA) is 37.3 Å². The molecule has 84 valence electrons. The first-order chi connectivity index (χ1) is 7.11. The van der Waals surface area contributed by atoms with E-state index in [-0.39, 0.29) is 11.7 Å². The van der Waals surface area contributed by atoms with E-state index in [9.17, 15) is 9.90 Å². The molecule has 0 saturated carbocycles. The van der Waals surface area contributed by atoms with E-state index in [1.54, 1.807) is 5.38 Å². The van der Waals surface area contributed by atoms with Crippen LogP contribution in [0.15, 0.2) is 15.2 Å². The van der Waals surface area contributed by atoms with Crippen molar-refractivity contribution in [2.75, 3.05) is 0 Å². The molecule has 0 aliphatic rings. The molecule has 0 saturated heterocycles. The number of halogens is 1. The molecule has 1 atom stereocenters. The largest absolute Gasteiger partial charge is 0.385 e. The Morgan fingerprint density at radius 2 is 2.07 bits per heavy atom. The van der Waals surface area contributed by atoms with Crippen LogP contribution >= 0.6 is 27.3 Å². The van der Waals surface area contributed by atoms with Gasteiger partial charge in [-0.05, 0) is 21.8 Å². The highest BCUT2D eigenvalue weighted by Gasteiger charge is 2.26. The minimum Gasteiger partial charge on any atom is -0.385 e. The maximum atomic E-state index is 11.9. The second-order valence-electron chi connectivity index (χ2n) is 3.52. The highest BCUT2D eigenvalue weighted by atomic mass is 79.9. The van der Waals surface area contributed by atoms with Crippen LogP contribution in [0.1, 0.15) is 37.0 Å². The Kier molecular flexibility index (Phi) is 4.96. The second kappa shape index (κ2) is 5.77. The summed E-state index contributed by atoms with van der Waals surface area (Å²) in [5.74, 6) is -0.110. The minimum atomic E-state index is -0.870. The minimum absolute atomic E-state index is 0.0595. The highest BCUT2D eigenvalue weighted by molar-refractivity contribution is 9.10. The summed E-state index contributed by atoms with van der Waals surface area (Å²) in [5.41, 5.74) is 0.597. The van der Waals surface area contributed by atoms with Crippen molar-refractivity contribution >= 4 is 33.0 Å². The Labute approximate surface area is 102 Å². The molecular weight excluding hydrogens is 276 g/mol. The monoisotopic (exact) mass is 290 g/mol. The number of rotatable bonds is 5. The molecule has 0 spiro atoms. The maximum Gasteiger partial charge on any atom is 0.193 e. The third kappa shape index (κ3) is 2.89. The van der Waals surface area contributed by atoms with E-state index in [0.717, 1.165) is 17.3 Å². The zero-order valence-corrected chi connectivity index (χ0v) is 11.3. The fraction of sp³-hybridized carbons (Fsp3) is 0.545. The summed E-state index contributed by atoms with van der Waals surface area (Å²) in [5, 5.41) is 13.5. The van der Waals surface area contributed by atoms with E-state index in [4.69, 9.17) is 0 Å². The van der Waals surface area contributed by atoms with E-state index in [1.807, 2.05) is 19.2 Å². The highest BCUT2D eigenvalue weighted by Crippen LogP contribution is 2.25. The number of hydrogen-bond acceptors (Lipinski definition) is 3. The molecule has 0 aliphatic carbocycles. The van der Waals surface area contributed by atoms with Crippen LogP contribution in [0.5, 0.6) is 0 Å². The summed E-state index contributed by atoms with van der Waals surface area (Å²) in [4.78, 5) is 11.9. The number of Topliss-reactive ketones (excluding diaryl/α,β-unsaturated/α-hetero) is 1. The normalized spacial score (nSPS) is 13.1.